The minimum absolute atomic E-state index is 0.0268. The summed E-state index contributed by atoms with van der Waals surface area (Å²) in [4.78, 5) is 12.0. The van der Waals surface area contributed by atoms with Crippen molar-refractivity contribution in [3.05, 3.63) is 48.0 Å². The zero-order valence-electron chi connectivity index (χ0n) is 11.4. The molecule has 0 bridgehead atoms. The van der Waals surface area contributed by atoms with Crippen LogP contribution in [0.2, 0.25) is 0 Å². The normalized spacial score (nSPS) is 16.1. The van der Waals surface area contributed by atoms with Crippen molar-refractivity contribution >= 4 is 16.7 Å². The van der Waals surface area contributed by atoms with Gasteiger partial charge in [0, 0.05) is 6.54 Å². The molecule has 2 N–H and O–H groups in total. The van der Waals surface area contributed by atoms with E-state index in [1.54, 1.807) is 0 Å². The second kappa shape index (κ2) is 5.63. The molecule has 1 aliphatic carbocycles. The SMILES string of the molecule is O=C(Cc1cccc2ccccc12)NCC(O)C1CC1. The highest BCUT2D eigenvalue weighted by atomic mass is 16.3. The molecule has 2 aromatic carbocycles. The summed E-state index contributed by atoms with van der Waals surface area (Å²) in [5.74, 6) is 0.369. The molecule has 104 valence electrons. The third-order valence-electron chi connectivity index (χ3n) is 3.91. The van der Waals surface area contributed by atoms with Crippen LogP contribution in [0.5, 0.6) is 0 Å². The molecule has 1 saturated carbocycles. The van der Waals surface area contributed by atoms with Gasteiger partial charge in [-0.25, -0.2) is 0 Å². The summed E-state index contributed by atoms with van der Waals surface area (Å²) in [5.41, 5.74) is 1.03. The quantitative estimate of drug-likeness (QED) is 0.875. The van der Waals surface area contributed by atoms with Gasteiger partial charge in [0.15, 0.2) is 0 Å². The van der Waals surface area contributed by atoms with Crippen LogP contribution >= 0.6 is 0 Å². The summed E-state index contributed by atoms with van der Waals surface area (Å²) in [5, 5.41) is 14.9. The van der Waals surface area contributed by atoms with Crippen molar-refractivity contribution in [2.24, 2.45) is 5.92 Å². The molecule has 0 radical (unpaired) electrons. The standard InChI is InChI=1S/C17H19NO2/c19-16(13-8-9-13)11-18-17(20)10-14-6-3-5-12-4-1-2-7-15(12)14/h1-7,13,16,19H,8-11H2,(H,18,20). The maximum atomic E-state index is 12.0. The number of aliphatic hydroxyl groups excluding tert-OH is 1. The van der Waals surface area contributed by atoms with Gasteiger partial charge in [-0.2, -0.15) is 0 Å². The van der Waals surface area contributed by atoms with Crippen LogP contribution in [0.15, 0.2) is 42.5 Å². The number of carbonyl (C=O) groups is 1. The maximum Gasteiger partial charge on any atom is 0.224 e. The number of benzene rings is 2. The largest absolute Gasteiger partial charge is 0.391 e. The Labute approximate surface area is 118 Å². The number of aliphatic hydroxyl groups is 1. The van der Waals surface area contributed by atoms with Crippen molar-refractivity contribution in [2.75, 3.05) is 6.54 Å². The molecular formula is C17H19NO2. The Morgan fingerprint density at radius 1 is 1.20 bits per heavy atom. The topological polar surface area (TPSA) is 49.3 Å². The first-order valence-electron chi connectivity index (χ1n) is 7.15. The molecule has 1 amide bonds. The number of fused-ring (bicyclic) bond motifs is 1. The number of hydrogen-bond donors (Lipinski definition) is 2. The Balaban J connectivity index is 1.64. The van der Waals surface area contributed by atoms with E-state index in [0.717, 1.165) is 29.2 Å². The maximum absolute atomic E-state index is 12.0. The van der Waals surface area contributed by atoms with Gasteiger partial charge in [0.25, 0.3) is 0 Å². The molecule has 0 saturated heterocycles. The second-order valence-corrected chi connectivity index (χ2v) is 5.52. The molecule has 1 aliphatic rings. The molecule has 1 unspecified atom stereocenters. The van der Waals surface area contributed by atoms with Crippen molar-refractivity contribution in [1.82, 2.24) is 5.32 Å². The van der Waals surface area contributed by atoms with Crippen LogP contribution in [-0.4, -0.2) is 23.7 Å². The molecule has 3 heteroatoms. The van der Waals surface area contributed by atoms with Gasteiger partial charge in [-0.15, -0.1) is 0 Å². The summed E-state index contributed by atoms with van der Waals surface area (Å²) in [6.07, 6.45) is 2.14. The Morgan fingerprint density at radius 3 is 2.75 bits per heavy atom. The van der Waals surface area contributed by atoms with Crippen molar-refractivity contribution < 1.29 is 9.90 Å². The zero-order chi connectivity index (χ0) is 13.9. The Hall–Kier alpha value is -1.87. The van der Waals surface area contributed by atoms with Gasteiger partial charge in [0.1, 0.15) is 0 Å². The third-order valence-corrected chi connectivity index (χ3v) is 3.91. The highest BCUT2D eigenvalue weighted by molar-refractivity contribution is 5.90. The van der Waals surface area contributed by atoms with E-state index in [0.29, 0.717) is 18.9 Å². The fraction of sp³-hybridized carbons (Fsp3) is 0.353. The van der Waals surface area contributed by atoms with E-state index < -0.39 is 0 Å². The summed E-state index contributed by atoms with van der Waals surface area (Å²) in [7, 11) is 0. The average molecular weight is 269 g/mol. The number of carbonyl (C=O) groups excluding carboxylic acids is 1. The molecular weight excluding hydrogens is 250 g/mol. The van der Waals surface area contributed by atoms with Gasteiger partial charge in [-0.05, 0) is 35.1 Å². The molecule has 20 heavy (non-hydrogen) atoms. The molecule has 0 aromatic heterocycles. The van der Waals surface area contributed by atoms with Crippen molar-refractivity contribution in [2.45, 2.75) is 25.4 Å². The molecule has 3 nitrogen and oxygen atoms in total. The first-order valence-corrected chi connectivity index (χ1v) is 7.15. The van der Waals surface area contributed by atoms with Gasteiger partial charge in [-0.1, -0.05) is 42.5 Å². The van der Waals surface area contributed by atoms with E-state index in [4.69, 9.17) is 0 Å². The number of rotatable bonds is 5. The van der Waals surface area contributed by atoms with Crippen LogP contribution in [0.4, 0.5) is 0 Å². The minimum Gasteiger partial charge on any atom is -0.391 e. The van der Waals surface area contributed by atoms with Crippen LogP contribution in [-0.2, 0) is 11.2 Å². The zero-order valence-corrected chi connectivity index (χ0v) is 11.4. The van der Waals surface area contributed by atoms with E-state index in [1.807, 2.05) is 42.5 Å². The first kappa shape index (κ1) is 13.1. The second-order valence-electron chi connectivity index (χ2n) is 5.52. The summed E-state index contributed by atoms with van der Waals surface area (Å²) in [6.45, 7) is 0.369. The predicted molar refractivity (Wildman–Crippen MR) is 79.4 cm³/mol. The highest BCUT2D eigenvalue weighted by Gasteiger charge is 2.29. The molecule has 0 aliphatic heterocycles. The first-order chi connectivity index (χ1) is 9.74. The predicted octanol–water partition coefficient (Wildman–Crippen LogP) is 2.27. The molecule has 1 atom stereocenters. The summed E-state index contributed by atoms with van der Waals surface area (Å²) >= 11 is 0. The van der Waals surface area contributed by atoms with Crippen LogP contribution < -0.4 is 5.32 Å². The van der Waals surface area contributed by atoms with Gasteiger partial charge in [-0.3, -0.25) is 4.79 Å². The van der Waals surface area contributed by atoms with Crippen LogP contribution in [0.25, 0.3) is 10.8 Å². The molecule has 3 rings (SSSR count). The molecule has 0 heterocycles. The van der Waals surface area contributed by atoms with Gasteiger partial charge >= 0.3 is 0 Å². The fourth-order valence-electron chi connectivity index (χ4n) is 2.55. The summed E-state index contributed by atoms with van der Waals surface area (Å²) < 4.78 is 0. The van der Waals surface area contributed by atoms with Crippen LogP contribution in [0.3, 0.4) is 0 Å². The fourth-order valence-corrected chi connectivity index (χ4v) is 2.55. The molecule has 0 spiro atoms. The van der Waals surface area contributed by atoms with Gasteiger partial charge in [0.05, 0.1) is 12.5 Å². The van der Waals surface area contributed by atoms with E-state index >= 15 is 0 Å². The van der Waals surface area contributed by atoms with Gasteiger partial charge in [0.2, 0.25) is 5.91 Å². The Kier molecular flexibility index (Phi) is 3.70. The monoisotopic (exact) mass is 269 g/mol. The average Bonchev–Trinajstić information content (AvgIpc) is 3.30. The number of amides is 1. The molecule has 1 fully saturated rings. The molecule has 2 aromatic rings. The lowest BCUT2D eigenvalue weighted by molar-refractivity contribution is -0.120. The van der Waals surface area contributed by atoms with Crippen molar-refractivity contribution in [1.29, 1.82) is 0 Å². The van der Waals surface area contributed by atoms with Crippen molar-refractivity contribution in [3.63, 3.8) is 0 Å². The Morgan fingerprint density at radius 2 is 1.95 bits per heavy atom. The third kappa shape index (κ3) is 2.99. The van der Waals surface area contributed by atoms with E-state index in [2.05, 4.69) is 5.32 Å². The Bertz CT molecular complexity index is 614. The van der Waals surface area contributed by atoms with Gasteiger partial charge < -0.3 is 10.4 Å². The minimum atomic E-state index is -0.383. The van der Waals surface area contributed by atoms with Crippen LogP contribution in [0, 0.1) is 5.92 Å². The lowest BCUT2D eigenvalue weighted by atomic mass is 10.0. The van der Waals surface area contributed by atoms with E-state index in [-0.39, 0.29) is 12.0 Å². The smallest absolute Gasteiger partial charge is 0.224 e. The number of hydrogen-bond acceptors (Lipinski definition) is 2. The van der Waals surface area contributed by atoms with Crippen LogP contribution in [0.1, 0.15) is 18.4 Å². The van der Waals surface area contributed by atoms with Crippen molar-refractivity contribution in [3.8, 4) is 0 Å². The van der Waals surface area contributed by atoms with E-state index in [1.165, 1.54) is 0 Å². The summed E-state index contributed by atoms with van der Waals surface area (Å²) in [6, 6.07) is 14.1. The lowest BCUT2D eigenvalue weighted by Crippen LogP contribution is -2.34. The number of nitrogens with one attached hydrogen (secondary N) is 1. The lowest BCUT2D eigenvalue weighted by Gasteiger charge is -2.11. The van der Waals surface area contributed by atoms with E-state index in [9.17, 15) is 9.90 Å². The highest BCUT2D eigenvalue weighted by Crippen LogP contribution is 2.32.